The standard InChI is InChI=1S/C19H16F3N3O4/c20-10-7-13(21)17(22)14(8-10)23-24-18(26)12-3-4-25(19(12)27)11-1-2-15-16(9-11)29-6-5-28-15/h1-2,7-9,12,23H,3-6H2,(H,24,26). The Morgan fingerprint density at radius 3 is 2.62 bits per heavy atom. The van der Waals surface area contributed by atoms with Crippen molar-refractivity contribution < 1.29 is 32.2 Å². The van der Waals surface area contributed by atoms with Crippen LogP contribution < -0.4 is 25.2 Å². The number of fused-ring (bicyclic) bond motifs is 1. The molecule has 7 nitrogen and oxygen atoms in total. The van der Waals surface area contributed by atoms with E-state index in [0.29, 0.717) is 49.1 Å². The number of nitrogens with one attached hydrogen (secondary N) is 2. The second-order valence-corrected chi connectivity index (χ2v) is 6.52. The number of anilines is 2. The van der Waals surface area contributed by atoms with Crippen LogP contribution in [0.4, 0.5) is 24.5 Å². The van der Waals surface area contributed by atoms with Crippen LogP contribution in [-0.2, 0) is 9.59 Å². The smallest absolute Gasteiger partial charge is 0.250 e. The molecule has 2 aliphatic heterocycles. The molecule has 0 saturated carbocycles. The molecule has 2 amide bonds. The Kier molecular flexibility index (Phi) is 4.91. The molecule has 0 radical (unpaired) electrons. The molecule has 2 heterocycles. The number of ether oxygens (including phenoxy) is 2. The second-order valence-electron chi connectivity index (χ2n) is 6.52. The lowest BCUT2D eigenvalue weighted by Gasteiger charge is -2.22. The minimum absolute atomic E-state index is 0.223. The second kappa shape index (κ2) is 7.53. The van der Waals surface area contributed by atoms with Crippen LogP contribution in [0.15, 0.2) is 30.3 Å². The zero-order chi connectivity index (χ0) is 20.5. The molecule has 4 rings (SSSR count). The number of benzene rings is 2. The molecule has 152 valence electrons. The van der Waals surface area contributed by atoms with Crippen molar-refractivity contribution in [2.75, 3.05) is 30.1 Å². The van der Waals surface area contributed by atoms with Crippen molar-refractivity contribution in [3.05, 3.63) is 47.8 Å². The van der Waals surface area contributed by atoms with Gasteiger partial charge in [-0.15, -0.1) is 0 Å². The predicted molar refractivity (Wildman–Crippen MR) is 96.0 cm³/mol. The molecule has 2 N–H and O–H groups in total. The monoisotopic (exact) mass is 407 g/mol. The molecule has 0 bridgehead atoms. The summed E-state index contributed by atoms with van der Waals surface area (Å²) in [6.07, 6.45) is 0.223. The van der Waals surface area contributed by atoms with Gasteiger partial charge in [-0.1, -0.05) is 0 Å². The van der Waals surface area contributed by atoms with Crippen LogP contribution in [0.2, 0.25) is 0 Å². The highest BCUT2D eigenvalue weighted by atomic mass is 19.2. The first-order chi connectivity index (χ1) is 13.9. The van der Waals surface area contributed by atoms with Gasteiger partial charge in [0.25, 0.3) is 5.91 Å². The summed E-state index contributed by atoms with van der Waals surface area (Å²) in [7, 11) is 0. The third-order valence-electron chi connectivity index (χ3n) is 4.67. The van der Waals surface area contributed by atoms with E-state index in [0.717, 1.165) is 0 Å². The van der Waals surface area contributed by atoms with E-state index in [9.17, 15) is 22.8 Å². The molecule has 1 saturated heterocycles. The van der Waals surface area contributed by atoms with E-state index < -0.39 is 40.9 Å². The first-order valence-electron chi connectivity index (χ1n) is 8.85. The molecule has 1 unspecified atom stereocenters. The van der Waals surface area contributed by atoms with Crippen molar-refractivity contribution in [2.24, 2.45) is 5.92 Å². The zero-order valence-corrected chi connectivity index (χ0v) is 15.0. The molecule has 2 aliphatic rings. The van der Waals surface area contributed by atoms with Crippen molar-refractivity contribution in [1.29, 1.82) is 0 Å². The summed E-state index contributed by atoms with van der Waals surface area (Å²) in [6, 6.07) is 6.11. The van der Waals surface area contributed by atoms with Crippen LogP contribution in [0.1, 0.15) is 6.42 Å². The van der Waals surface area contributed by atoms with Crippen molar-refractivity contribution >= 4 is 23.2 Å². The van der Waals surface area contributed by atoms with E-state index in [1.807, 2.05) is 0 Å². The maximum atomic E-state index is 13.7. The number of hydrogen-bond acceptors (Lipinski definition) is 5. The minimum Gasteiger partial charge on any atom is -0.486 e. The predicted octanol–water partition coefficient (Wildman–Crippen LogP) is 2.37. The number of carbonyl (C=O) groups excluding carboxylic acids is 2. The van der Waals surface area contributed by atoms with Gasteiger partial charge in [0.1, 0.15) is 24.9 Å². The van der Waals surface area contributed by atoms with Crippen LogP contribution in [-0.4, -0.2) is 31.6 Å². The number of rotatable bonds is 4. The fraction of sp³-hybridized carbons (Fsp3) is 0.263. The molecule has 1 atom stereocenters. The van der Waals surface area contributed by atoms with Crippen LogP contribution in [0, 0.1) is 23.4 Å². The molecule has 0 aliphatic carbocycles. The lowest BCUT2D eigenvalue weighted by molar-refractivity contribution is -0.131. The molecule has 2 aromatic carbocycles. The number of amides is 2. The first-order valence-corrected chi connectivity index (χ1v) is 8.85. The average molecular weight is 407 g/mol. The highest BCUT2D eigenvalue weighted by Crippen LogP contribution is 2.36. The fourth-order valence-electron chi connectivity index (χ4n) is 3.24. The summed E-state index contributed by atoms with van der Waals surface area (Å²) < 4.78 is 51.1. The number of hydrazine groups is 1. The molecule has 0 spiro atoms. The lowest BCUT2D eigenvalue weighted by atomic mass is 10.1. The van der Waals surface area contributed by atoms with Crippen molar-refractivity contribution in [2.45, 2.75) is 6.42 Å². The van der Waals surface area contributed by atoms with Gasteiger partial charge in [-0.25, -0.2) is 13.2 Å². The van der Waals surface area contributed by atoms with Crippen molar-refractivity contribution in [1.82, 2.24) is 5.43 Å². The molecule has 10 heteroatoms. The number of halogens is 3. The van der Waals surface area contributed by atoms with E-state index in [-0.39, 0.29) is 6.42 Å². The maximum Gasteiger partial charge on any atom is 0.250 e. The average Bonchev–Trinajstić information content (AvgIpc) is 3.10. The topological polar surface area (TPSA) is 79.9 Å². The van der Waals surface area contributed by atoms with Crippen LogP contribution in [0.3, 0.4) is 0 Å². The van der Waals surface area contributed by atoms with E-state index in [4.69, 9.17) is 9.47 Å². The Morgan fingerprint density at radius 1 is 1.07 bits per heavy atom. The molecule has 2 aromatic rings. The zero-order valence-electron chi connectivity index (χ0n) is 15.0. The van der Waals surface area contributed by atoms with Gasteiger partial charge in [0.15, 0.2) is 23.1 Å². The Labute approximate surface area is 163 Å². The maximum absolute atomic E-state index is 13.7. The molecular weight excluding hydrogens is 391 g/mol. The Morgan fingerprint density at radius 2 is 1.83 bits per heavy atom. The van der Waals surface area contributed by atoms with Gasteiger partial charge in [0.05, 0.1) is 5.69 Å². The van der Waals surface area contributed by atoms with Gasteiger partial charge in [-0.3, -0.25) is 20.4 Å². The fourth-order valence-corrected chi connectivity index (χ4v) is 3.24. The molecule has 0 aromatic heterocycles. The Bertz CT molecular complexity index is 985. The lowest BCUT2D eigenvalue weighted by Crippen LogP contribution is -2.39. The normalized spacial score (nSPS) is 18.0. The van der Waals surface area contributed by atoms with Crippen molar-refractivity contribution in [3.63, 3.8) is 0 Å². The summed E-state index contributed by atoms with van der Waals surface area (Å²) >= 11 is 0. The highest BCUT2D eigenvalue weighted by molar-refractivity contribution is 6.09. The summed E-state index contributed by atoms with van der Waals surface area (Å²) in [5, 5.41) is 0. The number of hydrogen-bond donors (Lipinski definition) is 2. The van der Waals surface area contributed by atoms with E-state index in [1.165, 1.54) is 4.90 Å². The number of nitrogens with zero attached hydrogens (tertiary/aromatic N) is 1. The SMILES string of the molecule is O=C(NNc1cc(F)cc(F)c1F)C1CCN(c2ccc3c(c2)OCCO3)C1=O. The molecular formula is C19H16F3N3O4. The third-order valence-corrected chi connectivity index (χ3v) is 4.67. The Hall–Kier alpha value is -3.43. The van der Waals surface area contributed by atoms with Crippen LogP contribution in [0.5, 0.6) is 11.5 Å². The van der Waals surface area contributed by atoms with E-state index in [2.05, 4.69) is 10.9 Å². The van der Waals surface area contributed by atoms with E-state index >= 15 is 0 Å². The summed E-state index contributed by atoms with van der Waals surface area (Å²) in [6.45, 7) is 1.14. The van der Waals surface area contributed by atoms with Crippen LogP contribution in [0.25, 0.3) is 0 Å². The largest absolute Gasteiger partial charge is 0.486 e. The quantitative estimate of drug-likeness (QED) is 0.462. The molecule has 29 heavy (non-hydrogen) atoms. The summed E-state index contributed by atoms with van der Waals surface area (Å²) in [4.78, 5) is 26.5. The molecule has 1 fully saturated rings. The van der Waals surface area contributed by atoms with Gasteiger partial charge < -0.3 is 14.4 Å². The van der Waals surface area contributed by atoms with Gasteiger partial charge in [0.2, 0.25) is 5.91 Å². The Balaban J connectivity index is 1.43. The summed E-state index contributed by atoms with van der Waals surface area (Å²) in [5.41, 5.74) is 4.24. The van der Waals surface area contributed by atoms with Gasteiger partial charge in [-0.05, 0) is 18.6 Å². The third kappa shape index (κ3) is 3.65. The minimum atomic E-state index is -1.40. The van der Waals surface area contributed by atoms with Crippen molar-refractivity contribution in [3.8, 4) is 11.5 Å². The van der Waals surface area contributed by atoms with Gasteiger partial charge in [-0.2, -0.15) is 0 Å². The van der Waals surface area contributed by atoms with Gasteiger partial charge >= 0.3 is 0 Å². The number of carbonyl (C=O) groups is 2. The highest BCUT2D eigenvalue weighted by Gasteiger charge is 2.38. The summed E-state index contributed by atoms with van der Waals surface area (Å²) in [5.74, 6) is -4.88. The van der Waals surface area contributed by atoms with Crippen LogP contribution >= 0.6 is 0 Å². The first kappa shape index (κ1) is 18.9. The van der Waals surface area contributed by atoms with Gasteiger partial charge in [0, 0.05) is 30.4 Å². The van der Waals surface area contributed by atoms with E-state index in [1.54, 1.807) is 18.2 Å².